The lowest BCUT2D eigenvalue weighted by atomic mass is 10.2. The van der Waals surface area contributed by atoms with Crippen LogP contribution in [0.25, 0.3) is 0 Å². The largest absolute Gasteiger partial charge is 0.329 e. The van der Waals surface area contributed by atoms with Gasteiger partial charge in [0.15, 0.2) is 0 Å². The van der Waals surface area contributed by atoms with Gasteiger partial charge in [0.25, 0.3) is 0 Å². The minimum absolute atomic E-state index is 0.813. The highest BCUT2D eigenvalue weighted by molar-refractivity contribution is 6.06. The molecule has 1 fully saturated rings. The Hall–Kier alpha value is 0.354. The number of rotatable bonds is 0. The smallest absolute Gasteiger partial charge is 0.0792 e. The lowest BCUT2D eigenvalue weighted by Gasteiger charge is -2.41. The molecule has 60 valence electrons. The van der Waals surface area contributed by atoms with Gasteiger partial charge < -0.3 is 9.13 Å². The lowest BCUT2D eigenvalue weighted by molar-refractivity contribution is 0.166. The van der Waals surface area contributed by atoms with Gasteiger partial charge in [0.2, 0.25) is 0 Å². The molecule has 0 amide bonds. The van der Waals surface area contributed by atoms with Gasteiger partial charge >= 0.3 is 0 Å². The molecule has 1 rings (SSSR count). The third kappa shape index (κ3) is 1.69. The lowest BCUT2D eigenvalue weighted by Crippen LogP contribution is -2.54. The van der Waals surface area contributed by atoms with Crippen molar-refractivity contribution >= 4 is 20.8 Å². The molecule has 0 radical (unpaired) electrons. The fourth-order valence-corrected chi connectivity index (χ4v) is 3.05. The zero-order valence-electron chi connectivity index (χ0n) is 7.46. The van der Waals surface area contributed by atoms with Crippen molar-refractivity contribution in [2.45, 2.75) is 25.9 Å². The summed E-state index contributed by atoms with van der Waals surface area (Å²) in [4.78, 5) is 0. The molecule has 2 atom stereocenters. The minimum atomic E-state index is 0.813. The summed E-state index contributed by atoms with van der Waals surface area (Å²) in [6, 6.07) is 1.63. The van der Waals surface area contributed by atoms with Crippen LogP contribution in [-0.4, -0.2) is 55.1 Å². The van der Waals surface area contributed by atoms with Gasteiger partial charge in [0.1, 0.15) is 0 Å². The molecule has 0 spiro atoms. The van der Waals surface area contributed by atoms with Crippen molar-refractivity contribution in [3.63, 3.8) is 0 Å². The van der Waals surface area contributed by atoms with Crippen LogP contribution in [0.1, 0.15) is 13.8 Å². The zero-order chi connectivity index (χ0) is 7.72. The number of hydrogen-bond donors (Lipinski definition) is 0. The molecule has 2 nitrogen and oxygen atoms in total. The van der Waals surface area contributed by atoms with Crippen LogP contribution in [0, 0.1) is 0 Å². The number of nitrogens with zero attached hydrogens (tertiary/aromatic N) is 2. The molecule has 1 saturated heterocycles. The second-order valence-electron chi connectivity index (χ2n) is 3.58. The van der Waals surface area contributed by atoms with Crippen LogP contribution in [0.15, 0.2) is 0 Å². The van der Waals surface area contributed by atoms with Gasteiger partial charge in [-0.2, -0.15) is 0 Å². The third-order valence-corrected chi connectivity index (χ3v) is 5.04. The molecule has 2 unspecified atom stereocenters. The van der Waals surface area contributed by atoms with Gasteiger partial charge in [-0.15, -0.1) is 0 Å². The van der Waals surface area contributed by atoms with Crippen molar-refractivity contribution in [1.29, 1.82) is 0 Å². The van der Waals surface area contributed by atoms with Crippen molar-refractivity contribution < 1.29 is 0 Å². The Bertz CT molecular complexity index is 108. The molecule has 1 aliphatic rings. The van der Waals surface area contributed by atoms with E-state index in [1.54, 1.807) is 0 Å². The first kappa shape index (κ1) is 8.45. The molecule has 4 heteroatoms. The number of piperazine rings is 1. The molecule has 0 aromatic heterocycles. The predicted molar refractivity (Wildman–Crippen MR) is 52.2 cm³/mol. The maximum absolute atomic E-state index is 2.61. The van der Waals surface area contributed by atoms with Crippen molar-refractivity contribution in [3.8, 4) is 0 Å². The maximum Gasteiger partial charge on any atom is 0.0792 e. The van der Waals surface area contributed by atoms with E-state index in [-0.39, 0.29) is 0 Å². The van der Waals surface area contributed by atoms with E-state index in [4.69, 9.17) is 0 Å². The van der Waals surface area contributed by atoms with Crippen LogP contribution in [0.4, 0.5) is 0 Å². The number of hydrogen-bond acceptors (Lipinski definition) is 2. The van der Waals surface area contributed by atoms with Crippen LogP contribution < -0.4 is 0 Å². The van der Waals surface area contributed by atoms with E-state index in [2.05, 4.69) is 23.0 Å². The zero-order valence-corrected chi connectivity index (χ0v) is 11.5. The fraction of sp³-hybridized carbons (Fsp3) is 1.00. The fourth-order valence-electron chi connectivity index (χ4n) is 1.67. The normalized spacial score (nSPS) is 39.0. The van der Waals surface area contributed by atoms with Crippen LogP contribution in [0.5, 0.6) is 0 Å². The Morgan fingerprint density at radius 2 is 1.50 bits per heavy atom. The standard InChI is InChI=1S/C6H18N2Si2/c1-5-3-7(9)4-6(2)8(5)10/h5-6H,3-4H2,1-2,9-10H3. The summed E-state index contributed by atoms with van der Waals surface area (Å²) in [6.45, 7) is 7.29. The van der Waals surface area contributed by atoms with Crippen molar-refractivity contribution in [2.24, 2.45) is 0 Å². The molecule has 1 heterocycles. The van der Waals surface area contributed by atoms with Crippen LogP contribution >= 0.6 is 0 Å². The summed E-state index contributed by atoms with van der Waals surface area (Å²) in [7, 11) is 2.47. The monoisotopic (exact) mass is 174 g/mol. The van der Waals surface area contributed by atoms with Crippen LogP contribution in [0.3, 0.4) is 0 Å². The van der Waals surface area contributed by atoms with Crippen molar-refractivity contribution in [3.05, 3.63) is 0 Å². The molecule has 0 aliphatic carbocycles. The van der Waals surface area contributed by atoms with Gasteiger partial charge in [-0.1, -0.05) is 0 Å². The summed E-state index contributed by atoms with van der Waals surface area (Å²) in [5.41, 5.74) is 0. The predicted octanol–water partition coefficient (Wildman–Crippen LogP) is -2.06. The molecule has 1 aliphatic heterocycles. The summed E-state index contributed by atoms with van der Waals surface area (Å²) < 4.78 is 5.16. The molecule has 10 heavy (non-hydrogen) atoms. The SMILES string of the molecule is CC1CN([SiH3])CC(C)N1[SiH3]. The minimum Gasteiger partial charge on any atom is -0.329 e. The summed E-state index contributed by atoms with van der Waals surface area (Å²) >= 11 is 0. The average Bonchev–Trinajstić information content (AvgIpc) is 1.82. The van der Waals surface area contributed by atoms with E-state index in [0.29, 0.717) is 0 Å². The third-order valence-electron chi connectivity index (χ3n) is 2.54. The van der Waals surface area contributed by atoms with Gasteiger partial charge in [-0.25, -0.2) is 0 Å². The first-order chi connectivity index (χ1) is 4.61. The topological polar surface area (TPSA) is 6.48 Å². The van der Waals surface area contributed by atoms with Gasteiger partial charge in [0.05, 0.1) is 20.8 Å². The second-order valence-corrected chi connectivity index (χ2v) is 5.88. The summed E-state index contributed by atoms with van der Waals surface area (Å²) in [6.07, 6.45) is 0. The molecular weight excluding hydrogens is 156 g/mol. The first-order valence-corrected chi connectivity index (χ1v) is 5.80. The van der Waals surface area contributed by atoms with Gasteiger partial charge in [0, 0.05) is 25.2 Å². The van der Waals surface area contributed by atoms with E-state index >= 15 is 0 Å². The molecular formula is C6H18N2Si2. The van der Waals surface area contributed by atoms with E-state index in [0.717, 1.165) is 12.1 Å². The molecule has 0 saturated carbocycles. The first-order valence-electron chi connectivity index (χ1n) is 4.01. The molecule has 0 bridgehead atoms. The average molecular weight is 174 g/mol. The highest BCUT2D eigenvalue weighted by atomic mass is 28.2. The highest BCUT2D eigenvalue weighted by Gasteiger charge is 2.22. The van der Waals surface area contributed by atoms with Crippen LogP contribution in [0.2, 0.25) is 0 Å². The summed E-state index contributed by atoms with van der Waals surface area (Å²) in [5.74, 6) is 0. The van der Waals surface area contributed by atoms with E-state index in [9.17, 15) is 0 Å². The molecule has 0 N–H and O–H groups in total. The molecule has 0 aromatic rings. The quantitative estimate of drug-likeness (QED) is 0.390. The van der Waals surface area contributed by atoms with Crippen molar-refractivity contribution in [2.75, 3.05) is 13.1 Å². The van der Waals surface area contributed by atoms with E-state index < -0.39 is 0 Å². The Kier molecular flexibility index (Phi) is 2.68. The van der Waals surface area contributed by atoms with Crippen LogP contribution in [-0.2, 0) is 0 Å². The Balaban J connectivity index is 2.49. The van der Waals surface area contributed by atoms with E-state index in [1.165, 1.54) is 33.9 Å². The Labute approximate surface area is 69.6 Å². The molecule has 0 aromatic carbocycles. The van der Waals surface area contributed by atoms with Gasteiger partial charge in [-0.3, -0.25) is 0 Å². The Morgan fingerprint density at radius 1 is 1.10 bits per heavy atom. The Morgan fingerprint density at radius 3 is 1.90 bits per heavy atom. The van der Waals surface area contributed by atoms with Crippen molar-refractivity contribution in [1.82, 2.24) is 9.13 Å². The summed E-state index contributed by atoms with van der Waals surface area (Å²) in [5, 5.41) is 0. The maximum atomic E-state index is 2.61. The highest BCUT2D eigenvalue weighted by Crippen LogP contribution is 2.09. The van der Waals surface area contributed by atoms with Gasteiger partial charge in [-0.05, 0) is 13.8 Å². The second kappa shape index (κ2) is 3.17. The van der Waals surface area contributed by atoms with E-state index in [1.807, 2.05) is 0 Å².